The predicted molar refractivity (Wildman–Crippen MR) is 80.1 cm³/mol. The van der Waals surface area contributed by atoms with Crippen LogP contribution >= 0.6 is 0 Å². The van der Waals surface area contributed by atoms with Gasteiger partial charge in [0.1, 0.15) is 0 Å². The second-order valence-electron chi connectivity index (χ2n) is 5.84. The molecule has 100 valence electrons. The summed E-state index contributed by atoms with van der Waals surface area (Å²) in [6, 6.07) is 11.3. The smallest absolute Gasteiger partial charge is 0.0708 e. The van der Waals surface area contributed by atoms with Crippen LogP contribution in [0.3, 0.4) is 0 Å². The number of para-hydroxylation sites is 1. The van der Waals surface area contributed by atoms with Gasteiger partial charge in [-0.2, -0.15) is 0 Å². The van der Waals surface area contributed by atoms with Crippen molar-refractivity contribution in [3.63, 3.8) is 0 Å². The van der Waals surface area contributed by atoms with Gasteiger partial charge in [0.2, 0.25) is 0 Å². The molecule has 2 unspecified atom stereocenters. The Morgan fingerprint density at radius 2 is 2.11 bits per heavy atom. The molecule has 1 aliphatic carbocycles. The van der Waals surface area contributed by atoms with Crippen LogP contribution in [0, 0.1) is 12.8 Å². The molecule has 0 spiro atoms. The van der Waals surface area contributed by atoms with Gasteiger partial charge < -0.3 is 5.32 Å². The molecular formula is C17H22N2. The molecule has 0 bridgehead atoms. The van der Waals surface area contributed by atoms with Crippen molar-refractivity contribution in [3.05, 3.63) is 41.6 Å². The van der Waals surface area contributed by atoms with Crippen molar-refractivity contribution < 1.29 is 0 Å². The lowest BCUT2D eigenvalue weighted by Gasteiger charge is -2.18. The topological polar surface area (TPSA) is 24.9 Å². The van der Waals surface area contributed by atoms with Crippen molar-refractivity contribution in [2.75, 3.05) is 0 Å². The minimum atomic E-state index is 0.687. The molecular weight excluding hydrogens is 232 g/mol. The quantitative estimate of drug-likeness (QED) is 0.900. The van der Waals surface area contributed by atoms with Crippen LogP contribution in [0.25, 0.3) is 10.9 Å². The number of pyridine rings is 1. The van der Waals surface area contributed by atoms with Gasteiger partial charge >= 0.3 is 0 Å². The normalized spacial score (nSPS) is 23.1. The maximum absolute atomic E-state index is 4.60. The van der Waals surface area contributed by atoms with Gasteiger partial charge in [-0.05, 0) is 43.4 Å². The average molecular weight is 254 g/mol. The molecule has 19 heavy (non-hydrogen) atoms. The van der Waals surface area contributed by atoms with E-state index in [-0.39, 0.29) is 0 Å². The van der Waals surface area contributed by atoms with Crippen molar-refractivity contribution in [2.45, 2.75) is 45.7 Å². The summed E-state index contributed by atoms with van der Waals surface area (Å²) in [5.74, 6) is 0.814. The molecule has 1 aromatic carbocycles. The highest BCUT2D eigenvalue weighted by atomic mass is 14.9. The van der Waals surface area contributed by atoms with Gasteiger partial charge in [-0.25, -0.2) is 0 Å². The van der Waals surface area contributed by atoms with E-state index in [1.807, 2.05) is 0 Å². The number of fused-ring (bicyclic) bond motifs is 1. The fourth-order valence-corrected chi connectivity index (χ4v) is 3.23. The monoisotopic (exact) mass is 254 g/mol. The van der Waals surface area contributed by atoms with Gasteiger partial charge in [0.25, 0.3) is 0 Å². The van der Waals surface area contributed by atoms with Crippen LogP contribution in [-0.4, -0.2) is 11.0 Å². The Labute approximate surface area is 115 Å². The number of rotatable bonds is 3. The highest BCUT2D eigenvalue weighted by molar-refractivity contribution is 5.82. The molecule has 0 radical (unpaired) electrons. The molecule has 1 aromatic heterocycles. The Morgan fingerprint density at radius 3 is 2.89 bits per heavy atom. The van der Waals surface area contributed by atoms with Gasteiger partial charge in [-0.3, -0.25) is 4.98 Å². The van der Waals surface area contributed by atoms with Crippen LogP contribution in [0.15, 0.2) is 30.3 Å². The molecule has 1 fully saturated rings. The first-order chi connectivity index (χ1) is 9.24. The lowest BCUT2D eigenvalue weighted by atomic mass is 10.0. The standard InChI is InChI=1S/C17H22N2/c1-12-6-5-9-16(12)18-11-14-10-13(2)19-17-8-4-3-7-15(14)17/h3-4,7-8,10,12,16,18H,5-6,9,11H2,1-2H3. The number of aromatic nitrogens is 1. The second kappa shape index (κ2) is 5.30. The third kappa shape index (κ3) is 2.64. The van der Waals surface area contributed by atoms with Crippen molar-refractivity contribution >= 4 is 10.9 Å². The Morgan fingerprint density at radius 1 is 1.26 bits per heavy atom. The summed E-state index contributed by atoms with van der Waals surface area (Å²) in [4.78, 5) is 4.60. The summed E-state index contributed by atoms with van der Waals surface area (Å²) >= 11 is 0. The first-order valence-corrected chi connectivity index (χ1v) is 7.32. The first kappa shape index (κ1) is 12.6. The highest BCUT2D eigenvalue weighted by Gasteiger charge is 2.22. The van der Waals surface area contributed by atoms with Gasteiger partial charge in [0.15, 0.2) is 0 Å². The maximum Gasteiger partial charge on any atom is 0.0708 e. The van der Waals surface area contributed by atoms with Crippen LogP contribution in [0.1, 0.15) is 37.4 Å². The lowest BCUT2D eigenvalue weighted by molar-refractivity contribution is 0.426. The zero-order chi connectivity index (χ0) is 13.2. The Balaban J connectivity index is 1.84. The van der Waals surface area contributed by atoms with Crippen LogP contribution < -0.4 is 5.32 Å². The molecule has 1 saturated carbocycles. The van der Waals surface area contributed by atoms with E-state index >= 15 is 0 Å². The van der Waals surface area contributed by atoms with Crippen molar-refractivity contribution in [2.24, 2.45) is 5.92 Å². The summed E-state index contributed by atoms with van der Waals surface area (Å²) in [5.41, 5.74) is 3.59. The van der Waals surface area contributed by atoms with Crippen molar-refractivity contribution in [1.29, 1.82) is 0 Å². The van der Waals surface area contributed by atoms with Crippen LogP contribution in [-0.2, 0) is 6.54 Å². The molecule has 2 aromatic rings. The van der Waals surface area contributed by atoms with Crippen LogP contribution in [0.4, 0.5) is 0 Å². The number of benzene rings is 1. The number of hydrogen-bond acceptors (Lipinski definition) is 2. The van der Waals surface area contributed by atoms with E-state index in [0.29, 0.717) is 6.04 Å². The van der Waals surface area contributed by atoms with Crippen LogP contribution in [0.5, 0.6) is 0 Å². The zero-order valence-corrected chi connectivity index (χ0v) is 11.8. The minimum absolute atomic E-state index is 0.687. The van der Waals surface area contributed by atoms with Crippen molar-refractivity contribution in [3.8, 4) is 0 Å². The van der Waals surface area contributed by atoms with E-state index in [4.69, 9.17) is 0 Å². The van der Waals surface area contributed by atoms with E-state index in [1.165, 1.54) is 30.2 Å². The Hall–Kier alpha value is -1.41. The number of aryl methyl sites for hydroxylation is 1. The highest BCUT2D eigenvalue weighted by Crippen LogP contribution is 2.26. The SMILES string of the molecule is Cc1cc(CNC2CCCC2C)c2ccccc2n1. The van der Waals surface area contributed by atoms with E-state index in [9.17, 15) is 0 Å². The summed E-state index contributed by atoms with van der Waals surface area (Å²) in [7, 11) is 0. The molecule has 1 aliphatic rings. The summed E-state index contributed by atoms with van der Waals surface area (Å²) in [5, 5.41) is 5.02. The molecule has 2 nitrogen and oxygen atoms in total. The third-order valence-electron chi connectivity index (χ3n) is 4.35. The number of hydrogen-bond donors (Lipinski definition) is 1. The third-order valence-corrected chi connectivity index (χ3v) is 4.35. The number of nitrogens with one attached hydrogen (secondary N) is 1. The largest absolute Gasteiger partial charge is 0.310 e. The zero-order valence-electron chi connectivity index (χ0n) is 11.8. The molecule has 0 amide bonds. The second-order valence-corrected chi connectivity index (χ2v) is 5.84. The van der Waals surface area contributed by atoms with E-state index in [2.05, 4.69) is 54.5 Å². The van der Waals surface area contributed by atoms with Gasteiger partial charge in [-0.1, -0.05) is 31.5 Å². The Bertz CT molecular complexity index is 576. The molecule has 0 aliphatic heterocycles. The molecule has 3 rings (SSSR count). The molecule has 2 heteroatoms. The van der Waals surface area contributed by atoms with Crippen molar-refractivity contribution in [1.82, 2.24) is 10.3 Å². The fourth-order valence-electron chi connectivity index (χ4n) is 3.23. The fraction of sp³-hybridized carbons (Fsp3) is 0.471. The summed E-state index contributed by atoms with van der Waals surface area (Å²) < 4.78 is 0. The molecule has 0 saturated heterocycles. The van der Waals surface area contributed by atoms with Gasteiger partial charge in [0.05, 0.1) is 5.52 Å². The number of nitrogens with zero attached hydrogens (tertiary/aromatic N) is 1. The van der Waals surface area contributed by atoms with Crippen LogP contribution in [0.2, 0.25) is 0 Å². The average Bonchev–Trinajstić information content (AvgIpc) is 2.81. The minimum Gasteiger partial charge on any atom is -0.310 e. The van der Waals surface area contributed by atoms with E-state index in [0.717, 1.165) is 23.7 Å². The van der Waals surface area contributed by atoms with Gasteiger partial charge in [-0.15, -0.1) is 0 Å². The maximum atomic E-state index is 4.60. The summed E-state index contributed by atoms with van der Waals surface area (Å²) in [6.07, 6.45) is 4.06. The first-order valence-electron chi connectivity index (χ1n) is 7.32. The summed E-state index contributed by atoms with van der Waals surface area (Å²) in [6.45, 7) is 5.40. The lowest BCUT2D eigenvalue weighted by Crippen LogP contribution is -2.30. The predicted octanol–water partition coefficient (Wildman–Crippen LogP) is 3.82. The Kier molecular flexibility index (Phi) is 3.52. The molecule has 2 atom stereocenters. The molecule has 1 heterocycles. The van der Waals surface area contributed by atoms with E-state index in [1.54, 1.807) is 0 Å². The molecule has 1 N–H and O–H groups in total. The van der Waals surface area contributed by atoms with E-state index < -0.39 is 0 Å². The van der Waals surface area contributed by atoms with Gasteiger partial charge in [0, 0.05) is 23.7 Å².